The van der Waals surface area contributed by atoms with Crippen molar-refractivity contribution in [2.45, 2.75) is 12.8 Å². The molecule has 0 N–H and O–H groups in total. The first-order valence-corrected chi connectivity index (χ1v) is 5.76. The van der Waals surface area contributed by atoms with E-state index in [9.17, 15) is 0 Å². The second-order valence-electron chi connectivity index (χ2n) is 2.25. The fourth-order valence-corrected chi connectivity index (χ4v) is 2.36. The van der Waals surface area contributed by atoms with Crippen molar-refractivity contribution in [2.75, 3.05) is 5.75 Å². The number of nitriles is 1. The monoisotopic (exact) mass is 217 g/mol. The van der Waals surface area contributed by atoms with Gasteiger partial charge in [0.25, 0.3) is 0 Å². The fourth-order valence-electron chi connectivity index (χ4n) is 0.850. The summed E-state index contributed by atoms with van der Waals surface area (Å²) in [7, 11) is 0. The van der Waals surface area contributed by atoms with Crippen molar-refractivity contribution in [1.29, 1.82) is 5.26 Å². The normalized spacial score (nSPS) is 9.67. The smallest absolute Gasteiger partial charge is 0.133 e. The number of halogens is 1. The average molecular weight is 218 g/mol. The van der Waals surface area contributed by atoms with E-state index < -0.39 is 0 Å². The predicted molar refractivity (Wildman–Crippen MR) is 55.7 cm³/mol. The molecule has 0 aliphatic heterocycles. The SMILES string of the molecule is N#CSCCCc1ccc(Cl)s1. The van der Waals surface area contributed by atoms with Gasteiger partial charge in [0.2, 0.25) is 0 Å². The summed E-state index contributed by atoms with van der Waals surface area (Å²) >= 11 is 8.69. The summed E-state index contributed by atoms with van der Waals surface area (Å²) in [6.45, 7) is 0. The third-order valence-corrected chi connectivity index (χ3v) is 3.28. The Morgan fingerprint density at radius 3 is 3.00 bits per heavy atom. The quantitative estimate of drug-likeness (QED) is 0.569. The Bertz CT molecular complexity index is 277. The van der Waals surface area contributed by atoms with Gasteiger partial charge in [-0.1, -0.05) is 11.6 Å². The zero-order valence-corrected chi connectivity index (χ0v) is 8.81. The van der Waals surface area contributed by atoms with E-state index in [1.807, 2.05) is 12.1 Å². The first-order chi connectivity index (χ1) is 5.83. The van der Waals surface area contributed by atoms with Crippen LogP contribution in [0.3, 0.4) is 0 Å². The Labute approximate surface area is 85.4 Å². The Balaban J connectivity index is 2.21. The topological polar surface area (TPSA) is 23.8 Å². The van der Waals surface area contributed by atoms with Crippen molar-refractivity contribution < 1.29 is 0 Å². The number of nitrogens with zero attached hydrogens (tertiary/aromatic N) is 1. The van der Waals surface area contributed by atoms with E-state index >= 15 is 0 Å². The lowest BCUT2D eigenvalue weighted by Gasteiger charge is -1.92. The van der Waals surface area contributed by atoms with Crippen LogP contribution < -0.4 is 0 Å². The summed E-state index contributed by atoms with van der Waals surface area (Å²) in [4.78, 5) is 1.30. The van der Waals surface area contributed by atoms with Crippen LogP contribution in [0.25, 0.3) is 0 Å². The summed E-state index contributed by atoms with van der Waals surface area (Å²) in [6, 6.07) is 3.96. The lowest BCUT2D eigenvalue weighted by molar-refractivity contribution is 0.954. The lowest BCUT2D eigenvalue weighted by atomic mass is 10.3. The van der Waals surface area contributed by atoms with Crippen LogP contribution >= 0.6 is 34.7 Å². The van der Waals surface area contributed by atoms with Gasteiger partial charge < -0.3 is 0 Å². The van der Waals surface area contributed by atoms with Crippen LogP contribution in [0.15, 0.2) is 12.1 Å². The van der Waals surface area contributed by atoms with Gasteiger partial charge in [-0.25, -0.2) is 0 Å². The van der Waals surface area contributed by atoms with Gasteiger partial charge in [-0.3, -0.25) is 0 Å². The van der Waals surface area contributed by atoms with Gasteiger partial charge in [0.05, 0.1) is 4.34 Å². The van der Waals surface area contributed by atoms with Gasteiger partial charge in [-0.2, -0.15) is 5.26 Å². The largest absolute Gasteiger partial charge is 0.185 e. The molecule has 1 heterocycles. The van der Waals surface area contributed by atoms with Crippen molar-refractivity contribution in [3.05, 3.63) is 21.3 Å². The molecule has 1 aromatic rings. The number of rotatable bonds is 4. The van der Waals surface area contributed by atoms with Gasteiger partial charge >= 0.3 is 0 Å². The third-order valence-electron chi connectivity index (χ3n) is 1.36. The Morgan fingerprint density at radius 2 is 2.42 bits per heavy atom. The van der Waals surface area contributed by atoms with Gasteiger partial charge in [0.15, 0.2) is 0 Å². The maximum Gasteiger partial charge on any atom is 0.133 e. The Kier molecular flexibility index (Phi) is 4.52. The standard InChI is InChI=1S/C8H8ClNS2/c9-8-4-3-7(12-8)2-1-5-11-6-10/h3-4H,1-2,5H2. The van der Waals surface area contributed by atoms with Crippen LogP contribution in [0.5, 0.6) is 0 Å². The molecule has 0 bridgehead atoms. The van der Waals surface area contributed by atoms with Crippen molar-refractivity contribution >= 4 is 34.7 Å². The average Bonchev–Trinajstić information content (AvgIpc) is 2.45. The van der Waals surface area contributed by atoms with Gasteiger partial charge in [-0.15, -0.1) is 11.3 Å². The second kappa shape index (κ2) is 5.47. The van der Waals surface area contributed by atoms with Gasteiger partial charge in [-0.05, 0) is 36.7 Å². The number of thioether (sulfide) groups is 1. The molecule has 0 aliphatic carbocycles. The molecule has 1 nitrogen and oxygen atoms in total. The minimum Gasteiger partial charge on any atom is -0.185 e. The van der Waals surface area contributed by atoms with Crippen molar-refractivity contribution in [3.8, 4) is 5.40 Å². The molecule has 4 heteroatoms. The molecule has 0 spiro atoms. The minimum absolute atomic E-state index is 0.845. The summed E-state index contributed by atoms with van der Waals surface area (Å²) < 4.78 is 0.845. The van der Waals surface area contributed by atoms with E-state index in [1.165, 1.54) is 16.6 Å². The number of thiocyanates is 1. The van der Waals surface area contributed by atoms with Crippen LogP contribution in [0, 0.1) is 10.7 Å². The molecule has 1 rings (SSSR count). The first-order valence-electron chi connectivity index (χ1n) is 3.58. The van der Waals surface area contributed by atoms with Crippen LogP contribution in [-0.2, 0) is 6.42 Å². The van der Waals surface area contributed by atoms with Gasteiger partial charge in [0, 0.05) is 10.6 Å². The molecule has 0 aliphatic rings. The number of hydrogen-bond acceptors (Lipinski definition) is 3. The van der Waals surface area contributed by atoms with Crippen molar-refractivity contribution in [2.24, 2.45) is 0 Å². The Hall–Kier alpha value is -0.170. The second-order valence-corrected chi connectivity index (χ2v) is 4.93. The maximum absolute atomic E-state index is 8.26. The summed E-state index contributed by atoms with van der Waals surface area (Å²) in [5, 5.41) is 10.3. The molecule has 64 valence electrons. The van der Waals surface area contributed by atoms with Crippen molar-refractivity contribution in [1.82, 2.24) is 0 Å². The van der Waals surface area contributed by atoms with Gasteiger partial charge in [0.1, 0.15) is 5.40 Å². The molecule has 0 amide bonds. The van der Waals surface area contributed by atoms with Crippen molar-refractivity contribution in [3.63, 3.8) is 0 Å². The highest BCUT2D eigenvalue weighted by atomic mass is 35.5. The molecule has 0 saturated carbocycles. The number of thiophene rings is 1. The van der Waals surface area contributed by atoms with E-state index in [0.29, 0.717) is 0 Å². The van der Waals surface area contributed by atoms with E-state index in [-0.39, 0.29) is 0 Å². The van der Waals surface area contributed by atoms with E-state index in [1.54, 1.807) is 11.3 Å². The van der Waals surface area contributed by atoms with E-state index in [4.69, 9.17) is 16.9 Å². The van der Waals surface area contributed by atoms with E-state index in [2.05, 4.69) is 5.40 Å². The van der Waals surface area contributed by atoms with E-state index in [0.717, 1.165) is 22.9 Å². The molecule has 0 radical (unpaired) electrons. The number of aryl methyl sites for hydroxylation is 1. The zero-order valence-electron chi connectivity index (χ0n) is 6.42. The zero-order chi connectivity index (χ0) is 8.81. The highest BCUT2D eigenvalue weighted by Crippen LogP contribution is 2.22. The van der Waals surface area contributed by atoms with Crippen LogP contribution in [0.2, 0.25) is 4.34 Å². The molecule has 0 atom stereocenters. The highest BCUT2D eigenvalue weighted by Gasteiger charge is 1.97. The molecular weight excluding hydrogens is 210 g/mol. The molecule has 0 aromatic carbocycles. The molecule has 0 saturated heterocycles. The Morgan fingerprint density at radius 1 is 1.58 bits per heavy atom. The van der Waals surface area contributed by atoms with Crippen LogP contribution in [0.1, 0.15) is 11.3 Å². The lowest BCUT2D eigenvalue weighted by Crippen LogP contribution is -1.82. The summed E-state index contributed by atoms with van der Waals surface area (Å²) in [5.74, 6) is 0.909. The number of hydrogen-bond donors (Lipinski definition) is 0. The molecule has 0 unspecified atom stereocenters. The summed E-state index contributed by atoms with van der Waals surface area (Å²) in [5.41, 5.74) is 0. The maximum atomic E-state index is 8.26. The highest BCUT2D eigenvalue weighted by molar-refractivity contribution is 8.03. The predicted octanol–water partition coefficient (Wildman–Crippen LogP) is 3.55. The molecule has 0 fully saturated rings. The molecule has 1 aromatic heterocycles. The third kappa shape index (κ3) is 3.48. The summed E-state index contributed by atoms with van der Waals surface area (Å²) in [6.07, 6.45) is 2.08. The fraction of sp³-hybridized carbons (Fsp3) is 0.375. The molecular formula is C8H8ClNS2. The van der Waals surface area contributed by atoms with Crippen LogP contribution in [-0.4, -0.2) is 5.75 Å². The molecule has 12 heavy (non-hydrogen) atoms. The first kappa shape index (κ1) is 9.91. The van der Waals surface area contributed by atoms with Crippen LogP contribution in [0.4, 0.5) is 0 Å². The minimum atomic E-state index is 0.845.